The quantitative estimate of drug-likeness (QED) is 0.882. The summed E-state index contributed by atoms with van der Waals surface area (Å²) in [5.41, 5.74) is 2.90. The van der Waals surface area contributed by atoms with Crippen LogP contribution in [0.25, 0.3) is 0 Å². The van der Waals surface area contributed by atoms with Gasteiger partial charge in [-0.25, -0.2) is 0 Å². The standard InChI is InChI=1S/C19H30N2/c1-3-5-16-7-9-17(10-8-16)15(2)20-18-11-13-21-12-4-6-19(21)14-18/h7-10,15,18-20H,3-6,11-14H2,1-2H3. The maximum atomic E-state index is 3.87. The third-order valence-corrected chi connectivity index (χ3v) is 5.32. The second-order valence-corrected chi connectivity index (χ2v) is 6.93. The van der Waals surface area contributed by atoms with Crippen LogP contribution in [0.2, 0.25) is 0 Å². The smallest absolute Gasteiger partial charge is 0.0294 e. The highest BCUT2D eigenvalue weighted by molar-refractivity contribution is 5.25. The van der Waals surface area contributed by atoms with Gasteiger partial charge < -0.3 is 10.2 Å². The number of hydrogen-bond acceptors (Lipinski definition) is 2. The zero-order valence-electron chi connectivity index (χ0n) is 13.6. The molecule has 2 heterocycles. The molecular formula is C19H30N2. The molecule has 2 heteroatoms. The fourth-order valence-corrected chi connectivity index (χ4v) is 4.09. The van der Waals surface area contributed by atoms with Crippen LogP contribution in [0.5, 0.6) is 0 Å². The molecule has 21 heavy (non-hydrogen) atoms. The molecule has 0 aromatic heterocycles. The highest BCUT2D eigenvalue weighted by Crippen LogP contribution is 2.28. The predicted octanol–water partition coefficient (Wildman–Crippen LogP) is 3.92. The van der Waals surface area contributed by atoms with Crippen molar-refractivity contribution in [1.82, 2.24) is 10.2 Å². The lowest BCUT2D eigenvalue weighted by Crippen LogP contribution is -2.46. The van der Waals surface area contributed by atoms with Crippen LogP contribution in [0, 0.1) is 0 Å². The zero-order chi connectivity index (χ0) is 14.7. The molecule has 2 fully saturated rings. The lowest BCUT2D eigenvalue weighted by atomic mass is 9.95. The van der Waals surface area contributed by atoms with Crippen molar-refractivity contribution in [2.24, 2.45) is 0 Å². The summed E-state index contributed by atoms with van der Waals surface area (Å²) in [6, 6.07) is 11.3. The minimum atomic E-state index is 0.471. The van der Waals surface area contributed by atoms with Gasteiger partial charge in [-0.3, -0.25) is 0 Å². The molecule has 0 aliphatic carbocycles. The Morgan fingerprint density at radius 3 is 2.76 bits per heavy atom. The first kappa shape index (κ1) is 15.1. The number of aryl methyl sites for hydroxylation is 1. The number of fused-ring (bicyclic) bond motifs is 1. The summed E-state index contributed by atoms with van der Waals surface area (Å²) in [5.74, 6) is 0. The van der Waals surface area contributed by atoms with Crippen molar-refractivity contribution in [3.05, 3.63) is 35.4 Å². The topological polar surface area (TPSA) is 15.3 Å². The fraction of sp³-hybridized carbons (Fsp3) is 0.684. The van der Waals surface area contributed by atoms with E-state index in [4.69, 9.17) is 0 Å². The summed E-state index contributed by atoms with van der Waals surface area (Å²) < 4.78 is 0. The maximum absolute atomic E-state index is 3.87. The van der Waals surface area contributed by atoms with Crippen LogP contribution in [0.3, 0.4) is 0 Å². The average Bonchev–Trinajstić information content (AvgIpc) is 2.96. The van der Waals surface area contributed by atoms with Crippen LogP contribution in [0.4, 0.5) is 0 Å². The molecule has 1 aromatic carbocycles. The highest BCUT2D eigenvalue weighted by atomic mass is 15.2. The van der Waals surface area contributed by atoms with Gasteiger partial charge in [0, 0.05) is 18.1 Å². The Bertz CT molecular complexity index is 439. The third-order valence-electron chi connectivity index (χ3n) is 5.32. The second-order valence-electron chi connectivity index (χ2n) is 6.93. The van der Waals surface area contributed by atoms with Gasteiger partial charge in [0.25, 0.3) is 0 Å². The Morgan fingerprint density at radius 2 is 2.00 bits per heavy atom. The summed E-state index contributed by atoms with van der Waals surface area (Å²) in [6.07, 6.45) is 7.91. The number of benzene rings is 1. The summed E-state index contributed by atoms with van der Waals surface area (Å²) in [7, 11) is 0. The van der Waals surface area contributed by atoms with Gasteiger partial charge in [-0.1, -0.05) is 37.6 Å². The Balaban J connectivity index is 1.54. The van der Waals surface area contributed by atoms with Crippen LogP contribution < -0.4 is 5.32 Å². The van der Waals surface area contributed by atoms with E-state index in [9.17, 15) is 0 Å². The lowest BCUT2D eigenvalue weighted by molar-refractivity contribution is 0.162. The molecule has 2 saturated heterocycles. The molecule has 1 aromatic rings. The van der Waals surface area contributed by atoms with Crippen molar-refractivity contribution in [3.8, 4) is 0 Å². The van der Waals surface area contributed by atoms with E-state index in [1.807, 2.05) is 0 Å². The number of rotatable bonds is 5. The normalized spacial score (nSPS) is 27.5. The summed E-state index contributed by atoms with van der Waals surface area (Å²) in [5, 5.41) is 3.87. The first-order valence-corrected chi connectivity index (χ1v) is 8.85. The molecule has 3 rings (SSSR count). The monoisotopic (exact) mass is 286 g/mol. The van der Waals surface area contributed by atoms with Crippen LogP contribution in [0.15, 0.2) is 24.3 Å². The van der Waals surface area contributed by atoms with Crippen LogP contribution >= 0.6 is 0 Å². The fourth-order valence-electron chi connectivity index (χ4n) is 4.09. The van der Waals surface area contributed by atoms with Crippen molar-refractivity contribution >= 4 is 0 Å². The highest BCUT2D eigenvalue weighted by Gasteiger charge is 2.31. The molecule has 0 amide bonds. The minimum absolute atomic E-state index is 0.471. The van der Waals surface area contributed by atoms with Gasteiger partial charge in [-0.2, -0.15) is 0 Å². The second kappa shape index (κ2) is 6.93. The molecule has 0 bridgehead atoms. The molecule has 3 unspecified atom stereocenters. The molecule has 0 spiro atoms. The average molecular weight is 286 g/mol. The summed E-state index contributed by atoms with van der Waals surface area (Å²) >= 11 is 0. The Hall–Kier alpha value is -0.860. The van der Waals surface area contributed by atoms with Gasteiger partial charge in [0.15, 0.2) is 0 Å². The first-order valence-electron chi connectivity index (χ1n) is 8.85. The molecule has 2 aliphatic heterocycles. The van der Waals surface area contributed by atoms with Crippen LogP contribution in [-0.2, 0) is 6.42 Å². The number of nitrogens with zero attached hydrogens (tertiary/aromatic N) is 1. The Labute approximate surface area is 129 Å². The van der Waals surface area contributed by atoms with Gasteiger partial charge in [-0.15, -0.1) is 0 Å². The van der Waals surface area contributed by atoms with E-state index < -0.39 is 0 Å². The molecule has 2 aliphatic rings. The van der Waals surface area contributed by atoms with E-state index in [1.54, 1.807) is 0 Å². The summed E-state index contributed by atoms with van der Waals surface area (Å²) in [6.45, 7) is 7.19. The van der Waals surface area contributed by atoms with E-state index in [1.165, 1.54) is 62.7 Å². The third kappa shape index (κ3) is 3.67. The van der Waals surface area contributed by atoms with Crippen LogP contribution in [0.1, 0.15) is 63.1 Å². The maximum Gasteiger partial charge on any atom is 0.0294 e. The molecule has 1 N–H and O–H groups in total. The van der Waals surface area contributed by atoms with E-state index in [0.717, 1.165) is 6.04 Å². The van der Waals surface area contributed by atoms with Gasteiger partial charge in [0.05, 0.1) is 0 Å². The number of hydrogen-bond donors (Lipinski definition) is 1. The molecule has 3 atom stereocenters. The van der Waals surface area contributed by atoms with E-state index in [0.29, 0.717) is 12.1 Å². The van der Waals surface area contributed by atoms with Gasteiger partial charge >= 0.3 is 0 Å². The first-order chi connectivity index (χ1) is 10.3. The molecule has 0 radical (unpaired) electrons. The molecule has 2 nitrogen and oxygen atoms in total. The van der Waals surface area contributed by atoms with Crippen molar-refractivity contribution in [2.75, 3.05) is 13.1 Å². The molecular weight excluding hydrogens is 256 g/mol. The van der Waals surface area contributed by atoms with Gasteiger partial charge in [0.2, 0.25) is 0 Å². The Kier molecular flexibility index (Phi) is 4.97. The lowest BCUT2D eigenvalue weighted by Gasteiger charge is -2.36. The largest absolute Gasteiger partial charge is 0.307 e. The minimum Gasteiger partial charge on any atom is -0.307 e. The van der Waals surface area contributed by atoms with E-state index in [2.05, 4.69) is 48.3 Å². The zero-order valence-corrected chi connectivity index (χ0v) is 13.6. The van der Waals surface area contributed by atoms with Crippen molar-refractivity contribution < 1.29 is 0 Å². The van der Waals surface area contributed by atoms with Gasteiger partial charge in [-0.05, 0) is 63.2 Å². The molecule has 0 saturated carbocycles. The van der Waals surface area contributed by atoms with E-state index in [-0.39, 0.29) is 0 Å². The number of piperidine rings is 1. The number of nitrogens with one attached hydrogen (secondary N) is 1. The molecule has 116 valence electrons. The van der Waals surface area contributed by atoms with E-state index >= 15 is 0 Å². The van der Waals surface area contributed by atoms with Gasteiger partial charge in [0.1, 0.15) is 0 Å². The Morgan fingerprint density at radius 1 is 1.19 bits per heavy atom. The van der Waals surface area contributed by atoms with Crippen molar-refractivity contribution in [1.29, 1.82) is 0 Å². The SMILES string of the molecule is CCCc1ccc(C(C)NC2CCN3CCCC3C2)cc1. The van der Waals surface area contributed by atoms with Crippen molar-refractivity contribution in [2.45, 2.75) is 70.5 Å². The van der Waals surface area contributed by atoms with Crippen molar-refractivity contribution in [3.63, 3.8) is 0 Å². The van der Waals surface area contributed by atoms with Crippen LogP contribution in [-0.4, -0.2) is 30.1 Å². The summed E-state index contributed by atoms with van der Waals surface area (Å²) in [4.78, 5) is 2.70. The predicted molar refractivity (Wildman–Crippen MR) is 89.6 cm³/mol.